The Bertz CT molecular complexity index is 1380. The van der Waals surface area contributed by atoms with E-state index in [4.69, 9.17) is 16.6 Å². The number of anilines is 1. The van der Waals surface area contributed by atoms with Crippen LogP contribution in [0, 0.1) is 6.92 Å². The zero-order valence-corrected chi connectivity index (χ0v) is 20.6. The lowest BCUT2D eigenvalue weighted by atomic mass is 10.2. The van der Waals surface area contributed by atoms with Gasteiger partial charge in [-0.05, 0) is 55.0 Å². The Hall–Kier alpha value is -2.85. The number of hydrogen-bond acceptors (Lipinski definition) is 6. The van der Waals surface area contributed by atoms with Gasteiger partial charge in [-0.25, -0.2) is 17.7 Å². The van der Waals surface area contributed by atoms with E-state index in [0.29, 0.717) is 21.4 Å². The Kier molecular flexibility index (Phi) is 6.49. The lowest BCUT2D eigenvalue weighted by Gasteiger charge is -2.20. The highest BCUT2D eigenvalue weighted by atomic mass is 35.5. The van der Waals surface area contributed by atoms with Crippen molar-refractivity contribution in [1.82, 2.24) is 14.3 Å². The molecule has 0 aliphatic heterocycles. The third kappa shape index (κ3) is 4.63. The highest BCUT2D eigenvalue weighted by Gasteiger charge is 2.24. The molecule has 33 heavy (non-hydrogen) atoms. The number of rotatable bonds is 6. The number of sulfonamides is 1. The smallest absolute Gasteiger partial charge is 0.260 e. The monoisotopic (exact) mass is 500 g/mol. The Labute approximate surface area is 201 Å². The van der Waals surface area contributed by atoms with Crippen molar-refractivity contribution in [2.75, 3.05) is 19.0 Å². The van der Waals surface area contributed by atoms with Crippen LogP contribution in [-0.4, -0.2) is 42.7 Å². The number of carbonyl (C=O) groups is 1. The summed E-state index contributed by atoms with van der Waals surface area (Å²) >= 11 is 7.71. The number of nitrogens with zero attached hydrogens (tertiary/aromatic N) is 4. The molecule has 1 amide bonds. The van der Waals surface area contributed by atoms with E-state index in [1.807, 2.05) is 31.2 Å². The predicted molar refractivity (Wildman–Crippen MR) is 131 cm³/mol. The van der Waals surface area contributed by atoms with Crippen LogP contribution < -0.4 is 4.90 Å². The molecule has 0 unspecified atom stereocenters. The summed E-state index contributed by atoms with van der Waals surface area (Å²) in [6, 6.07) is 15.1. The largest absolute Gasteiger partial charge is 0.278 e. The Morgan fingerprint density at radius 2 is 1.79 bits per heavy atom. The lowest BCUT2D eigenvalue weighted by Crippen LogP contribution is -2.30. The molecule has 2 heterocycles. The predicted octanol–water partition coefficient (Wildman–Crippen LogP) is 4.75. The summed E-state index contributed by atoms with van der Waals surface area (Å²) in [6.07, 6.45) is 1.66. The molecule has 170 valence electrons. The van der Waals surface area contributed by atoms with Crippen LogP contribution in [0.25, 0.3) is 10.2 Å². The number of aryl methyl sites for hydroxylation is 1. The normalized spacial score (nSPS) is 11.8. The lowest BCUT2D eigenvalue weighted by molar-refractivity contribution is 0.0984. The first kappa shape index (κ1) is 23.3. The molecule has 0 aliphatic rings. The van der Waals surface area contributed by atoms with Crippen LogP contribution in [0.1, 0.15) is 21.6 Å². The van der Waals surface area contributed by atoms with E-state index >= 15 is 0 Å². The third-order valence-electron chi connectivity index (χ3n) is 5.09. The first-order valence-corrected chi connectivity index (χ1v) is 12.6. The standard InChI is InChI=1S/C23H21ClN4O3S2/c1-15-7-12-19(24)21-20(15)26-23(32-21)28(14-17-6-4-5-13-25-17)22(29)16-8-10-18(11-9-16)33(30,31)27(2)3/h4-13H,14H2,1-3H3. The number of pyridine rings is 1. The van der Waals surface area contributed by atoms with Crippen LogP contribution in [0.5, 0.6) is 0 Å². The molecule has 0 atom stereocenters. The molecule has 0 radical (unpaired) electrons. The minimum Gasteiger partial charge on any atom is -0.278 e. The minimum atomic E-state index is -3.59. The van der Waals surface area contributed by atoms with Gasteiger partial charge in [-0.15, -0.1) is 0 Å². The SMILES string of the molecule is Cc1ccc(Cl)c2sc(N(Cc3ccccn3)C(=O)c3ccc(S(=O)(=O)N(C)C)cc3)nc12. The molecule has 4 rings (SSSR count). The molecule has 0 bridgehead atoms. The molecule has 0 saturated carbocycles. The number of thiazole rings is 1. The second-order valence-corrected chi connectivity index (χ2v) is 11.1. The van der Waals surface area contributed by atoms with E-state index in [9.17, 15) is 13.2 Å². The van der Waals surface area contributed by atoms with E-state index in [1.54, 1.807) is 12.3 Å². The number of amides is 1. The number of carbonyl (C=O) groups excluding carboxylic acids is 1. The third-order valence-corrected chi connectivity index (χ3v) is 8.46. The van der Waals surface area contributed by atoms with E-state index in [-0.39, 0.29) is 17.3 Å². The number of aromatic nitrogens is 2. The van der Waals surface area contributed by atoms with Gasteiger partial charge in [0, 0.05) is 25.9 Å². The van der Waals surface area contributed by atoms with Gasteiger partial charge in [-0.2, -0.15) is 0 Å². The number of benzene rings is 2. The van der Waals surface area contributed by atoms with Crippen molar-refractivity contribution in [1.29, 1.82) is 0 Å². The first-order chi connectivity index (χ1) is 15.7. The van der Waals surface area contributed by atoms with Crippen molar-refractivity contribution in [3.63, 3.8) is 0 Å². The van der Waals surface area contributed by atoms with Crippen molar-refractivity contribution < 1.29 is 13.2 Å². The minimum absolute atomic E-state index is 0.114. The summed E-state index contributed by atoms with van der Waals surface area (Å²) in [5.41, 5.74) is 2.74. The average molecular weight is 501 g/mol. The molecule has 2 aromatic heterocycles. The Morgan fingerprint density at radius 3 is 2.39 bits per heavy atom. The molecule has 2 aromatic carbocycles. The van der Waals surface area contributed by atoms with Gasteiger partial charge in [-0.1, -0.05) is 35.1 Å². The van der Waals surface area contributed by atoms with Gasteiger partial charge in [0.15, 0.2) is 5.13 Å². The highest BCUT2D eigenvalue weighted by Crippen LogP contribution is 2.36. The maximum atomic E-state index is 13.6. The number of fused-ring (bicyclic) bond motifs is 1. The zero-order chi connectivity index (χ0) is 23.8. The summed E-state index contributed by atoms with van der Waals surface area (Å²) in [5.74, 6) is -0.317. The van der Waals surface area contributed by atoms with Crippen LogP contribution in [-0.2, 0) is 16.6 Å². The zero-order valence-electron chi connectivity index (χ0n) is 18.2. The van der Waals surface area contributed by atoms with Crippen molar-refractivity contribution in [2.45, 2.75) is 18.4 Å². The van der Waals surface area contributed by atoms with Gasteiger partial charge in [0.25, 0.3) is 5.91 Å². The quantitative estimate of drug-likeness (QED) is 0.381. The van der Waals surface area contributed by atoms with Crippen LogP contribution in [0.4, 0.5) is 5.13 Å². The second-order valence-electron chi connectivity index (χ2n) is 7.56. The van der Waals surface area contributed by atoms with Gasteiger partial charge >= 0.3 is 0 Å². The molecule has 0 N–H and O–H groups in total. The van der Waals surface area contributed by atoms with Crippen LogP contribution in [0.3, 0.4) is 0 Å². The average Bonchev–Trinajstić information content (AvgIpc) is 3.27. The van der Waals surface area contributed by atoms with Crippen LogP contribution >= 0.6 is 22.9 Å². The first-order valence-electron chi connectivity index (χ1n) is 9.98. The maximum absolute atomic E-state index is 13.6. The van der Waals surface area contributed by atoms with Gasteiger partial charge in [0.1, 0.15) is 0 Å². The fourth-order valence-electron chi connectivity index (χ4n) is 3.22. The van der Waals surface area contributed by atoms with E-state index in [1.165, 1.54) is 54.6 Å². The van der Waals surface area contributed by atoms with Gasteiger partial charge in [0.05, 0.1) is 32.4 Å². The summed E-state index contributed by atoms with van der Waals surface area (Å²) in [6.45, 7) is 2.14. The van der Waals surface area contributed by atoms with Gasteiger partial charge < -0.3 is 0 Å². The van der Waals surface area contributed by atoms with Crippen molar-refractivity contribution in [2.24, 2.45) is 0 Å². The van der Waals surface area contributed by atoms with E-state index in [0.717, 1.165) is 20.1 Å². The molecular formula is C23H21ClN4O3S2. The summed E-state index contributed by atoms with van der Waals surface area (Å²) in [5, 5.41) is 1.06. The topological polar surface area (TPSA) is 83.5 Å². The molecule has 10 heteroatoms. The number of halogens is 1. The van der Waals surface area contributed by atoms with Gasteiger partial charge in [-0.3, -0.25) is 14.7 Å². The van der Waals surface area contributed by atoms with Crippen molar-refractivity contribution >= 4 is 54.2 Å². The summed E-state index contributed by atoms with van der Waals surface area (Å²) in [4.78, 5) is 24.3. The Morgan fingerprint density at radius 1 is 1.06 bits per heavy atom. The van der Waals surface area contributed by atoms with Crippen molar-refractivity contribution in [3.8, 4) is 0 Å². The highest BCUT2D eigenvalue weighted by molar-refractivity contribution is 7.89. The molecular weight excluding hydrogens is 480 g/mol. The number of hydrogen-bond donors (Lipinski definition) is 0. The molecule has 0 aliphatic carbocycles. The fraction of sp³-hybridized carbons (Fsp3) is 0.174. The Balaban J connectivity index is 1.76. The summed E-state index contributed by atoms with van der Waals surface area (Å²) < 4.78 is 26.7. The van der Waals surface area contributed by atoms with E-state index < -0.39 is 10.0 Å². The molecule has 0 saturated heterocycles. The molecule has 0 spiro atoms. The van der Waals surface area contributed by atoms with Crippen LogP contribution in [0.2, 0.25) is 5.02 Å². The second kappa shape index (κ2) is 9.18. The molecule has 4 aromatic rings. The van der Waals surface area contributed by atoms with Gasteiger partial charge in [0.2, 0.25) is 10.0 Å². The molecule has 7 nitrogen and oxygen atoms in total. The molecule has 0 fully saturated rings. The van der Waals surface area contributed by atoms with Crippen LogP contribution in [0.15, 0.2) is 65.7 Å². The fourth-order valence-corrected chi connectivity index (χ4v) is 5.44. The van der Waals surface area contributed by atoms with E-state index in [2.05, 4.69) is 4.98 Å². The maximum Gasteiger partial charge on any atom is 0.260 e. The summed E-state index contributed by atoms with van der Waals surface area (Å²) in [7, 11) is -0.671. The van der Waals surface area contributed by atoms with Crippen molar-refractivity contribution in [3.05, 3.63) is 82.6 Å².